The number of anilines is 1. The van der Waals surface area contributed by atoms with E-state index in [0.717, 1.165) is 17.0 Å². The Morgan fingerprint density at radius 1 is 1.21 bits per heavy atom. The van der Waals surface area contributed by atoms with Crippen molar-refractivity contribution in [2.75, 3.05) is 11.9 Å². The van der Waals surface area contributed by atoms with Gasteiger partial charge >= 0.3 is 6.18 Å². The van der Waals surface area contributed by atoms with Crippen molar-refractivity contribution < 1.29 is 13.2 Å². The minimum atomic E-state index is -4.32. The minimum absolute atomic E-state index is 0.526. The molecule has 0 saturated carbocycles. The third kappa shape index (κ3) is 3.64. The molecule has 0 aliphatic carbocycles. The first-order chi connectivity index (χ1) is 8.86. The van der Waals surface area contributed by atoms with Crippen LogP contribution in [-0.2, 0) is 12.7 Å². The van der Waals surface area contributed by atoms with E-state index >= 15 is 0 Å². The molecule has 0 bridgehead atoms. The lowest BCUT2D eigenvalue weighted by Gasteiger charge is -2.19. The number of rotatable bonds is 3. The molecule has 0 aliphatic heterocycles. The molecule has 0 amide bonds. The molecule has 0 N–H and O–H groups in total. The van der Waals surface area contributed by atoms with Crippen molar-refractivity contribution in [3.8, 4) is 0 Å². The summed E-state index contributed by atoms with van der Waals surface area (Å²) in [5, 5.41) is 0. The zero-order valence-corrected chi connectivity index (χ0v) is 11.6. The van der Waals surface area contributed by atoms with Crippen LogP contribution in [-0.4, -0.2) is 7.05 Å². The van der Waals surface area contributed by atoms with Crippen LogP contribution in [0.4, 0.5) is 18.9 Å². The molecule has 0 radical (unpaired) electrons. The highest BCUT2D eigenvalue weighted by molar-refractivity contribution is 7.16. The van der Waals surface area contributed by atoms with E-state index in [-0.39, 0.29) is 0 Å². The number of hydrogen-bond donors (Lipinski definition) is 0. The first kappa shape index (κ1) is 14.2. The fraction of sp³-hybridized carbons (Fsp3) is 0.231. The Morgan fingerprint density at radius 3 is 2.53 bits per heavy atom. The van der Waals surface area contributed by atoms with E-state index in [0.29, 0.717) is 16.6 Å². The van der Waals surface area contributed by atoms with Crippen LogP contribution in [0.25, 0.3) is 0 Å². The molecule has 2 rings (SSSR count). The van der Waals surface area contributed by atoms with Gasteiger partial charge < -0.3 is 4.90 Å². The second kappa shape index (κ2) is 5.43. The van der Waals surface area contributed by atoms with E-state index in [1.165, 1.54) is 17.4 Å². The minimum Gasteiger partial charge on any atom is -0.369 e. The molecule has 0 saturated heterocycles. The zero-order valence-electron chi connectivity index (χ0n) is 10.0. The normalized spacial score (nSPS) is 11.6. The monoisotopic (exact) mass is 305 g/mol. The summed E-state index contributed by atoms with van der Waals surface area (Å²) < 4.78 is 38.6. The molecule has 1 aromatic heterocycles. The Kier molecular flexibility index (Phi) is 4.06. The first-order valence-electron chi connectivity index (χ1n) is 5.49. The largest absolute Gasteiger partial charge is 0.416 e. The number of alkyl halides is 3. The fourth-order valence-corrected chi connectivity index (χ4v) is 2.82. The van der Waals surface area contributed by atoms with E-state index in [2.05, 4.69) is 0 Å². The van der Waals surface area contributed by atoms with Crippen LogP contribution in [0.2, 0.25) is 4.34 Å². The molecule has 0 unspecified atom stereocenters. The maximum absolute atomic E-state index is 12.6. The predicted octanol–water partition coefficient (Wildman–Crippen LogP) is 5.06. The standard InChI is InChI=1S/C13H11ClF3NS/c1-18(8-11-5-6-12(14)19-11)10-4-2-3-9(7-10)13(15,16)17/h2-7H,8H2,1H3. The molecule has 6 heteroatoms. The SMILES string of the molecule is CN(Cc1ccc(Cl)s1)c1cccc(C(F)(F)F)c1. The Balaban J connectivity index is 2.17. The summed E-state index contributed by atoms with van der Waals surface area (Å²) in [5.74, 6) is 0. The van der Waals surface area contributed by atoms with E-state index in [9.17, 15) is 13.2 Å². The fourth-order valence-electron chi connectivity index (χ4n) is 1.68. The van der Waals surface area contributed by atoms with Crippen LogP contribution < -0.4 is 4.90 Å². The van der Waals surface area contributed by atoms with E-state index in [1.54, 1.807) is 24.1 Å². The summed E-state index contributed by atoms with van der Waals surface area (Å²) in [6, 6.07) is 8.94. The highest BCUT2D eigenvalue weighted by Gasteiger charge is 2.30. The predicted molar refractivity (Wildman–Crippen MR) is 72.9 cm³/mol. The van der Waals surface area contributed by atoms with Gasteiger partial charge in [0.15, 0.2) is 0 Å². The molecule has 0 spiro atoms. The highest BCUT2D eigenvalue weighted by atomic mass is 35.5. The Bertz CT molecular complexity index is 565. The number of nitrogens with zero attached hydrogens (tertiary/aromatic N) is 1. The van der Waals surface area contributed by atoms with Crippen molar-refractivity contribution in [3.63, 3.8) is 0 Å². The zero-order chi connectivity index (χ0) is 14.0. The van der Waals surface area contributed by atoms with Crippen LogP contribution in [0.5, 0.6) is 0 Å². The van der Waals surface area contributed by atoms with Crippen LogP contribution in [0.15, 0.2) is 36.4 Å². The summed E-state index contributed by atoms with van der Waals surface area (Å²) in [6.07, 6.45) is -4.32. The third-order valence-corrected chi connectivity index (χ3v) is 3.85. The Labute approximate surface area is 118 Å². The first-order valence-corrected chi connectivity index (χ1v) is 6.68. The lowest BCUT2D eigenvalue weighted by Crippen LogP contribution is -2.16. The van der Waals surface area contributed by atoms with Crippen LogP contribution >= 0.6 is 22.9 Å². The van der Waals surface area contributed by atoms with Crippen molar-refractivity contribution >= 4 is 28.6 Å². The number of thiophene rings is 1. The molecule has 1 heterocycles. The van der Waals surface area contributed by atoms with Gasteiger partial charge in [-0.05, 0) is 30.3 Å². The summed E-state index contributed by atoms with van der Waals surface area (Å²) in [7, 11) is 1.75. The second-order valence-corrected chi connectivity index (χ2v) is 5.91. The third-order valence-electron chi connectivity index (χ3n) is 2.64. The Morgan fingerprint density at radius 2 is 1.95 bits per heavy atom. The van der Waals surface area contributed by atoms with Crippen molar-refractivity contribution in [2.24, 2.45) is 0 Å². The van der Waals surface area contributed by atoms with Gasteiger partial charge in [0.25, 0.3) is 0 Å². The van der Waals surface area contributed by atoms with Crippen LogP contribution in [0.1, 0.15) is 10.4 Å². The van der Waals surface area contributed by atoms with Crippen molar-refractivity contribution in [1.82, 2.24) is 0 Å². The molecule has 19 heavy (non-hydrogen) atoms. The topological polar surface area (TPSA) is 3.24 Å². The van der Waals surface area contributed by atoms with Gasteiger partial charge in [-0.1, -0.05) is 17.7 Å². The average Bonchev–Trinajstić information content (AvgIpc) is 2.74. The number of hydrogen-bond acceptors (Lipinski definition) is 2. The molecule has 2 aromatic rings. The molecule has 102 valence electrons. The van der Waals surface area contributed by atoms with Gasteiger partial charge in [0.2, 0.25) is 0 Å². The summed E-state index contributed by atoms with van der Waals surface area (Å²) in [6.45, 7) is 0.526. The van der Waals surface area contributed by atoms with Gasteiger partial charge in [0, 0.05) is 17.6 Å². The van der Waals surface area contributed by atoms with Crippen LogP contribution in [0, 0.1) is 0 Å². The number of benzene rings is 1. The van der Waals surface area contributed by atoms with E-state index < -0.39 is 11.7 Å². The van der Waals surface area contributed by atoms with Gasteiger partial charge in [-0.3, -0.25) is 0 Å². The van der Waals surface area contributed by atoms with E-state index in [4.69, 9.17) is 11.6 Å². The lowest BCUT2D eigenvalue weighted by atomic mass is 10.2. The van der Waals surface area contributed by atoms with Crippen molar-refractivity contribution in [2.45, 2.75) is 12.7 Å². The quantitative estimate of drug-likeness (QED) is 0.766. The lowest BCUT2D eigenvalue weighted by molar-refractivity contribution is -0.137. The average molecular weight is 306 g/mol. The maximum atomic E-state index is 12.6. The van der Waals surface area contributed by atoms with Gasteiger partial charge in [0.1, 0.15) is 0 Å². The number of halogens is 4. The van der Waals surface area contributed by atoms with Crippen LogP contribution in [0.3, 0.4) is 0 Å². The highest BCUT2D eigenvalue weighted by Crippen LogP contribution is 2.32. The summed E-state index contributed by atoms with van der Waals surface area (Å²) in [4.78, 5) is 2.77. The van der Waals surface area contributed by atoms with E-state index in [1.807, 2.05) is 6.07 Å². The van der Waals surface area contributed by atoms with Crippen molar-refractivity contribution in [1.29, 1.82) is 0 Å². The maximum Gasteiger partial charge on any atom is 0.416 e. The summed E-state index contributed by atoms with van der Waals surface area (Å²) >= 11 is 7.25. The van der Waals surface area contributed by atoms with Gasteiger partial charge in [-0.2, -0.15) is 13.2 Å². The molecule has 0 aliphatic rings. The molecular weight excluding hydrogens is 295 g/mol. The smallest absolute Gasteiger partial charge is 0.369 e. The molecule has 1 nitrogen and oxygen atoms in total. The Hall–Kier alpha value is -1.20. The second-order valence-electron chi connectivity index (χ2n) is 4.11. The molecular formula is C13H11ClF3NS. The molecule has 0 atom stereocenters. The van der Waals surface area contributed by atoms with Gasteiger partial charge in [0.05, 0.1) is 16.4 Å². The van der Waals surface area contributed by atoms with Gasteiger partial charge in [-0.25, -0.2) is 0 Å². The summed E-state index contributed by atoms with van der Waals surface area (Å²) in [5.41, 5.74) is -0.111. The molecule has 1 aromatic carbocycles. The molecule has 0 fully saturated rings. The van der Waals surface area contributed by atoms with Crippen molar-refractivity contribution in [3.05, 3.63) is 51.2 Å². The van der Waals surface area contributed by atoms with Gasteiger partial charge in [-0.15, -0.1) is 11.3 Å².